The number of hydrogen-bond donors (Lipinski definition) is 2. The molecule has 0 saturated carbocycles. The minimum atomic E-state index is -1.06. The largest absolute Gasteiger partial charge is 0.508 e. The van der Waals surface area contributed by atoms with Crippen molar-refractivity contribution in [2.45, 2.75) is 115 Å². The Hall–Kier alpha value is -2.40. The summed E-state index contributed by atoms with van der Waals surface area (Å²) in [4.78, 5) is 13.0. The van der Waals surface area contributed by atoms with Crippen LogP contribution >= 0.6 is 0 Å². The highest BCUT2D eigenvalue weighted by atomic mass is 32.2. The molecule has 38 heavy (non-hydrogen) atoms. The number of amides is 1. The smallest absolute Gasteiger partial charge is 0.248 e. The molecule has 2 N–H and O–H groups in total. The zero-order chi connectivity index (χ0) is 27.3. The second-order valence-electron chi connectivity index (χ2n) is 10.3. The molecule has 1 unspecified atom stereocenters. The second-order valence-corrected chi connectivity index (χ2v) is 11.9. The van der Waals surface area contributed by atoms with Crippen molar-refractivity contribution >= 4 is 28.5 Å². The van der Waals surface area contributed by atoms with Gasteiger partial charge in [0.1, 0.15) is 5.75 Å². The fraction of sp³-hybridized carbons (Fsp3) is 0.545. The van der Waals surface area contributed by atoms with Crippen LogP contribution in [0.25, 0.3) is 6.08 Å². The first kappa shape index (κ1) is 31.8. The standard InChI is InChI=1S/C33H49NO3S/c1-2-3-4-5-6-7-8-9-10-11-12-13-14-15-16-17-26-38(37)32-23-19-21-30(28-32)34-33(36)25-24-29-20-18-22-31(35)27-29/h18-25,27-28,35H,2-17,26H2,1H3,(H,34,36)/b25-24+. The third-order valence-corrected chi connectivity index (χ3v) is 8.28. The Labute approximate surface area is 233 Å². The molecule has 2 rings (SSSR count). The Balaban J connectivity index is 1.51. The number of anilines is 1. The summed E-state index contributed by atoms with van der Waals surface area (Å²) in [5, 5.41) is 12.3. The normalized spacial score (nSPS) is 12.1. The van der Waals surface area contributed by atoms with E-state index < -0.39 is 10.8 Å². The fourth-order valence-corrected chi connectivity index (χ4v) is 5.79. The average Bonchev–Trinajstić information content (AvgIpc) is 2.92. The molecule has 1 atom stereocenters. The molecule has 0 spiro atoms. The average molecular weight is 540 g/mol. The molecule has 0 aliphatic carbocycles. The molecule has 0 bridgehead atoms. The Morgan fingerprint density at radius 3 is 1.89 bits per heavy atom. The van der Waals surface area contributed by atoms with Gasteiger partial charge in [0.15, 0.2) is 0 Å². The summed E-state index contributed by atoms with van der Waals surface area (Å²) in [7, 11) is -1.06. The quantitative estimate of drug-likeness (QED) is 0.123. The lowest BCUT2D eigenvalue weighted by Gasteiger charge is -2.07. The highest BCUT2D eigenvalue weighted by Crippen LogP contribution is 2.18. The van der Waals surface area contributed by atoms with E-state index in [-0.39, 0.29) is 11.7 Å². The first-order chi connectivity index (χ1) is 18.6. The van der Waals surface area contributed by atoms with Crippen LogP contribution in [0.4, 0.5) is 5.69 Å². The van der Waals surface area contributed by atoms with Crippen molar-refractivity contribution in [1.82, 2.24) is 0 Å². The summed E-state index contributed by atoms with van der Waals surface area (Å²) in [6.07, 6.45) is 24.3. The van der Waals surface area contributed by atoms with Crippen molar-refractivity contribution in [2.24, 2.45) is 0 Å². The second kappa shape index (κ2) is 20.5. The Morgan fingerprint density at radius 2 is 1.32 bits per heavy atom. The highest BCUT2D eigenvalue weighted by Gasteiger charge is 2.06. The molecule has 2 aromatic rings. The van der Waals surface area contributed by atoms with Crippen molar-refractivity contribution in [3.63, 3.8) is 0 Å². The molecule has 0 aromatic heterocycles. The number of carbonyl (C=O) groups is 1. The molecule has 1 amide bonds. The molecule has 4 nitrogen and oxygen atoms in total. The summed E-state index contributed by atoms with van der Waals surface area (Å²) in [6.45, 7) is 2.27. The number of benzene rings is 2. The molecule has 0 heterocycles. The van der Waals surface area contributed by atoms with Gasteiger partial charge in [0.2, 0.25) is 5.91 Å². The van der Waals surface area contributed by atoms with Crippen LogP contribution in [0.1, 0.15) is 115 Å². The lowest BCUT2D eigenvalue weighted by atomic mass is 10.0. The molecule has 0 radical (unpaired) electrons. The number of rotatable bonds is 21. The highest BCUT2D eigenvalue weighted by molar-refractivity contribution is 7.85. The number of phenols is 1. The zero-order valence-electron chi connectivity index (χ0n) is 23.5. The Bertz CT molecular complexity index is 972. The van der Waals surface area contributed by atoms with E-state index in [2.05, 4.69) is 12.2 Å². The summed E-state index contributed by atoms with van der Waals surface area (Å²) in [5.74, 6) is 0.550. The molecule has 0 aliphatic rings. The van der Waals surface area contributed by atoms with Gasteiger partial charge in [-0.3, -0.25) is 9.00 Å². The third kappa shape index (κ3) is 15.1. The van der Waals surface area contributed by atoms with E-state index in [1.165, 1.54) is 96.0 Å². The molecule has 2 aromatic carbocycles. The first-order valence-corrected chi connectivity index (χ1v) is 16.2. The lowest BCUT2D eigenvalue weighted by molar-refractivity contribution is -0.111. The van der Waals surface area contributed by atoms with E-state index in [1.54, 1.807) is 36.4 Å². The van der Waals surface area contributed by atoms with Crippen molar-refractivity contribution in [1.29, 1.82) is 0 Å². The SMILES string of the molecule is CCCCCCCCCCCCCCCCCCS(=O)c1cccc(NC(=O)/C=C/c2cccc(O)c2)c1. The maximum atomic E-state index is 12.7. The number of unbranched alkanes of at least 4 members (excludes halogenated alkanes) is 15. The first-order valence-electron chi connectivity index (χ1n) is 14.8. The van der Waals surface area contributed by atoms with Crippen molar-refractivity contribution < 1.29 is 14.1 Å². The number of hydrogen-bond acceptors (Lipinski definition) is 3. The monoisotopic (exact) mass is 539 g/mol. The molecule has 0 aliphatic heterocycles. The van der Waals surface area contributed by atoms with Crippen molar-refractivity contribution in [3.05, 3.63) is 60.2 Å². The van der Waals surface area contributed by atoms with E-state index in [4.69, 9.17) is 0 Å². The summed E-state index contributed by atoms with van der Waals surface area (Å²) >= 11 is 0. The number of phenolic OH excluding ortho intramolecular Hbond substituents is 1. The van der Waals surface area contributed by atoms with E-state index in [0.29, 0.717) is 11.4 Å². The maximum Gasteiger partial charge on any atom is 0.248 e. The van der Waals surface area contributed by atoms with Gasteiger partial charge in [0.25, 0.3) is 0 Å². The minimum absolute atomic E-state index is 0.159. The molecular weight excluding hydrogens is 490 g/mol. The van der Waals surface area contributed by atoms with Crippen molar-refractivity contribution in [2.75, 3.05) is 11.1 Å². The number of carbonyl (C=O) groups excluding carboxylic acids is 1. The zero-order valence-corrected chi connectivity index (χ0v) is 24.3. The Morgan fingerprint density at radius 1 is 0.763 bits per heavy atom. The number of aromatic hydroxyl groups is 1. The molecule has 210 valence electrons. The van der Waals surface area contributed by atoms with Gasteiger partial charge in [-0.05, 0) is 48.4 Å². The van der Waals surface area contributed by atoms with Crippen LogP contribution in [0.2, 0.25) is 0 Å². The van der Waals surface area contributed by atoms with Crippen LogP contribution in [0.3, 0.4) is 0 Å². The molecule has 0 saturated heterocycles. The van der Waals surface area contributed by atoms with E-state index in [9.17, 15) is 14.1 Å². The minimum Gasteiger partial charge on any atom is -0.508 e. The summed E-state index contributed by atoms with van der Waals surface area (Å²) in [5.41, 5.74) is 1.38. The lowest BCUT2D eigenvalue weighted by Crippen LogP contribution is -2.08. The van der Waals surface area contributed by atoms with Gasteiger partial charge in [0.05, 0.1) is 10.8 Å². The topological polar surface area (TPSA) is 66.4 Å². The number of nitrogens with one attached hydrogen (secondary N) is 1. The van der Waals surface area contributed by atoms with Gasteiger partial charge in [0, 0.05) is 22.4 Å². The van der Waals surface area contributed by atoms with Crippen LogP contribution in [0.5, 0.6) is 5.75 Å². The van der Waals surface area contributed by atoms with Gasteiger partial charge in [-0.2, -0.15) is 0 Å². The van der Waals surface area contributed by atoms with Crippen molar-refractivity contribution in [3.8, 4) is 5.75 Å². The van der Waals surface area contributed by atoms with Gasteiger partial charge in [-0.1, -0.05) is 121 Å². The van der Waals surface area contributed by atoms with Crippen LogP contribution in [-0.2, 0) is 15.6 Å². The van der Waals surface area contributed by atoms with E-state index in [0.717, 1.165) is 23.3 Å². The molecule has 5 heteroatoms. The Kier molecular flexibility index (Phi) is 17.2. The summed E-state index contributed by atoms with van der Waals surface area (Å²) in [6, 6.07) is 14.0. The predicted octanol–water partition coefficient (Wildman–Crippen LogP) is 9.41. The van der Waals surface area contributed by atoms with Gasteiger partial charge in [-0.25, -0.2) is 0 Å². The van der Waals surface area contributed by atoms with Crippen LogP contribution in [-0.4, -0.2) is 21.0 Å². The van der Waals surface area contributed by atoms with Gasteiger partial charge < -0.3 is 10.4 Å². The third-order valence-electron chi connectivity index (χ3n) is 6.85. The van der Waals surface area contributed by atoms with E-state index in [1.807, 2.05) is 18.2 Å². The van der Waals surface area contributed by atoms with Crippen LogP contribution < -0.4 is 5.32 Å². The van der Waals surface area contributed by atoms with Gasteiger partial charge >= 0.3 is 0 Å². The predicted molar refractivity (Wildman–Crippen MR) is 163 cm³/mol. The summed E-state index contributed by atoms with van der Waals surface area (Å²) < 4.78 is 12.7. The van der Waals surface area contributed by atoms with Crippen LogP contribution in [0, 0.1) is 0 Å². The fourth-order valence-electron chi connectivity index (χ4n) is 4.60. The van der Waals surface area contributed by atoms with E-state index >= 15 is 0 Å². The maximum absolute atomic E-state index is 12.7. The molecule has 0 fully saturated rings. The van der Waals surface area contributed by atoms with Crippen LogP contribution in [0.15, 0.2) is 59.5 Å². The molecular formula is C33H49NO3S. The van der Waals surface area contributed by atoms with Gasteiger partial charge in [-0.15, -0.1) is 0 Å².